The summed E-state index contributed by atoms with van der Waals surface area (Å²) >= 11 is 0. The zero-order valence-electron chi connectivity index (χ0n) is 28.7. The third kappa shape index (κ3) is 9.33. The number of carbonyl (C=O) groups excluding carboxylic acids is 2. The fraction of sp³-hybridized carbons (Fsp3) is 0.350. The Balaban J connectivity index is 1.33. The van der Waals surface area contributed by atoms with Gasteiger partial charge >= 0.3 is 12.0 Å². The van der Waals surface area contributed by atoms with E-state index in [1.165, 1.54) is 5.56 Å². The van der Waals surface area contributed by atoms with Gasteiger partial charge in [-0.25, -0.2) is 4.79 Å². The van der Waals surface area contributed by atoms with Crippen LogP contribution < -0.4 is 10.6 Å². The van der Waals surface area contributed by atoms with E-state index in [0.717, 1.165) is 33.4 Å². The third-order valence-corrected chi connectivity index (χ3v) is 9.18. The molecule has 4 aromatic carbocycles. The molecular weight excluding hydrogens is 618 g/mol. The molecule has 1 aliphatic rings. The van der Waals surface area contributed by atoms with Crippen molar-refractivity contribution in [1.29, 1.82) is 0 Å². The lowest BCUT2D eigenvalue weighted by atomic mass is 9.89. The van der Waals surface area contributed by atoms with E-state index >= 15 is 0 Å². The summed E-state index contributed by atoms with van der Waals surface area (Å²) in [7, 11) is 2.13. The topological polar surface area (TPSA) is 109 Å². The number of aliphatic hydroxyl groups excluding tert-OH is 1. The van der Waals surface area contributed by atoms with Crippen LogP contribution in [0, 0.1) is 5.92 Å². The lowest BCUT2D eigenvalue weighted by Gasteiger charge is -2.43. The average Bonchev–Trinajstić information content (AvgIpc) is 3.14. The number of hydrogen-bond acceptors (Lipinski definition) is 7. The van der Waals surface area contributed by atoms with Crippen molar-refractivity contribution >= 4 is 12.0 Å². The first-order valence-corrected chi connectivity index (χ1v) is 16.9. The number of hydrogen-bond donors (Lipinski definition) is 3. The third-order valence-electron chi connectivity index (χ3n) is 9.18. The minimum atomic E-state index is -0.585. The summed E-state index contributed by atoms with van der Waals surface area (Å²) in [4.78, 5) is 26.2. The van der Waals surface area contributed by atoms with Gasteiger partial charge in [0.2, 0.25) is 0 Å². The highest BCUT2D eigenvalue weighted by Gasteiger charge is 2.39. The lowest BCUT2D eigenvalue weighted by molar-refractivity contribution is -0.276. The van der Waals surface area contributed by atoms with Gasteiger partial charge in [-0.1, -0.05) is 110 Å². The minimum Gasteiger partial charge on any atom is -0.465 e. The number of benzene rings is 4. The Morgan fingerprint density at radius 3 is 2.24 bits per heavy atom. The van der Waals surface area contributed by atoms with Crippen LogP contribution in [0.25, 0.3) is 11.1 Å². The van der Waals surface area contributed by atoms with E-state index in [9.17, 15) is 14.7 Å². The monoisotopic (exact) mass is 665 g/mol. The van der Waals surface area contributed by atoms with E-state index in [2.05, 4.69) is 60.7 Å². The summed E-state index contributed by atoms with van der Waals surface area (Å²) in [5, 5.41) is 15.0. The second-order valence-corrected chi connectivity index (χ2v) is 12.5. The number of nitrogens with one attached hydrogen (secondary N) is 2. The first kappa shape index (κ1) is 35.8. The average molecular weight is 666 g/mol. The van der Waals surface area contributed by atoms with Gasteiger partial charge in [-0.3, -0.25) is 9.69 Å². The first-order chi connectivity index (χ1) is 23.8. The maximum Gasteiger partial charge on any atom is 0.325 e. The van der Waals surface area contributed by atoms with Crippen LogP contribution in [-0.4, -0.2) is 54.9 Å². The van der Waals surface area contributed by atoms with Gasteiger partial charge in [0.25, 0.3) is 0 Å². The fourth-order valence-electron chi connectivity index (χ4n) is 6.13. The van der Waals surface area contributed by atoms with E-state index < -0.39 is 18.3 Å². The Bertz CT molecular complexity index is 1650. The Hall–Kier alpha value is -4.54. The van der Waals surface area contributed by atoms with E-state index in [1.54, 1.807) is 6.92 Å². The highest BCUT2D eigenvalue weighted by atomic mass is 16.7. The molecule has 2 amide bonds. The van der Waals surface area contributed by atoms with Crippen molar-refractivity contribution in [2.45, 2.75) is 58.5 Å². The summed E-state index contributed by atoms with van der Waals surface area (Å²) < 4.78 is 18.3. The molecule has 0 unspecified atom stereocenters. The van der Waals surface area contributed by atoms with Crippen molar-refractivity contribution in [2.75, 3.05) is 26.7 Å². The molecule has 0 spiro atoms. The van der Waals surface area contributed by atoms with Crippen LogP contribution in [0.2, 0.25) is 0 Å². The molecule has 0 saturated carbocycles. The van der Waals surface area contributed by atoms with Crippen LogP contribution in [0.3, 0.4) is 0 Å². The second-order valence-electron chi connectivity index (χ2n) is 12.5. The highest BCUT2D eigenvalue weighted by Crippen LogP contribution is 2.42. The number of carbonyl (C=O) groups is 2. The van der Waals surface area contributed by atoms with Gasteiger partial charge in [0.05, 0.1) is 25.4 Å². The highest BCUT2D eigenvalue weighted by molar-refractivity contribution is 5.81. The number of urea groups is 1. The van der Waals surface area contributed by atoms with Gasteiger partial charge in [0, 0.05) is 30.6 Å². The molecule has 3 N–H and O–H groups in total. The molecule has 258 valence electrons. The van der Waals surface area contributed by atoms with E-state index in [0.29, 0.717) is 6.54 Å². The summed E-state index contributed by atoms with van der Waals surface area (Å²) in [6.07, 6.45) is -0.907. The number of aliphatic hydroxyl groups is 1. The molecule has 0 bridgehead atoms. The van der Waals surface area contributed by atoms with Crippen molar-refractivity contribution < 1.29 is 28.9 Å². The zero-order chi connectivity index (χ0) is 34.8. The van der Waals surface area contributed by atoms with Crippen LogP contribution in [0.15, 0.2) is 103 Å². The molecule has 49 heavy (non-hydrogen) atoms. The number of amides is 2. The fourth-order valence-corrected chi connectivity index (χ4v) is 6.13. The summed E-state index contributed by atoms with van der Waals surface area (Å²) in [5.41, 5.74) is 6.97. The molecule has 0 radical (unpaired) electrons. The number of likely N-dealkylation sites (N-methyl/N-ethyl adjacent to an activating group) is 1. The van der Waals surface area contributed by atoms with Gasteiger partial charge in [-0.15, -0.1) is 0 Å². The van der Waals surface area contributed by atoms with Gasteiger partial charge in [-0.2, -0.15) is 0 Å². The minimum absolute atomic E-state index is 0.00783. The zero-order valence-corrected chi connectivity index (χ0v) is 28.7. The molecule has 4 aromatic rings. The van der Waals surface area contributed by atoms with Gasteiger partial charge in [0.15, 0.2) is 6.29 Å². The first-order valence-electron chi connectivity index (χ1n) is 16.9. The molecule has 0 aliphatic carbocycles. The van der Waals surface area contributed by atoms with E-state index in [-0.39, 0.29) is 50.5 Å². The van der Waals surface area contributed by atoms with Crippen LogP contribution in [-0.2, 0) is 32.2 Å². The number of ether oxygens (including phenoxy) is 3. The molecule has 5 atom stereocenters. The maximum atomic E-state index is 12.3. The molecule has 1 fully saturated rings. The van der Waals surface area contributed by atoms with Crippen LogP contribution in [0.1, 0.15) is 67.0 Å². The lowest BCUT2D eigenvalue weighted by Crippen LogP contribution is -2.44. The number of esters is 1. The Kier molecular flexibility index (Phi) is 12.6. The van der Waals surface area contributed by atoms with Crippen molar-refractivity contribution in [2.24, 2.45) is 5.92 Å². The largest absolute Gasteiger partial charge is 0.465 e. The molecule has 1 saturated heterocycles. The summed E-state index contributed by atoms with van der Waals surface area (Å²) in [6.45, 7) is 7.18. The van der Waals surface area contributed by atoms with Crippen molar-refractivity contribution in [3.05, 3.63) is 131 Å². The number of nitrogens with zero attached hydrogens (tertiary/aromatic N) is 1. The van der Waals surface area contributed by atoms with Crippen LogP contribution >= 0.6 is 0 Å². The van der Waals surface area contributed by atoms with Gasteiger partial charge in [-0.05, 0) is 54.3 Å². The van der Waals surface area contributed by atoms with E-state index in [1.807, 2.05) is 78.9 Å². The quantitative estimate of drug-likeness (QED) is 0.137. The van der Waals surface area contributed by atoms with Crippen LogP contribution in [0.4, 0.5) is 4.79 Å². The smallest absolute Gasteiger partial charge is 0.325 e. The summed E-state index contributed by atoms with van der Waals surface area (Å²) in [5.74, 6) is -0.417. The predicted molar refractivity (Wildman–Crippen MR) is 189 cm³/mol. The standard InChI is InChI=1S/C40H47N3O6/c1-5-47-37(45)24-42-40(46)41-23-34-13-9-10-14-35(34)31-19-21-33(22-20-31)39-48-36(25-43(4)28(3)30-11-7-6-8-12-30)27(2)38(49-39)32-17-15-29(26-44)16-18-32/h6-22,27-28,36,38-39,44H,5,23-26H2,1-4H3,(H2,41,42,46)/t27-,28+,36+,38+,39+/m1/s1. The molecule has 5 rings (SSSR count). The maximum absolute atomic E-state index is 12.3. The Labute approximate surface area is 289 Å². The predicted octanol–water partition coefficient (Wildman–Crippen LogP) is 6.69. The molecule has 0 aromatic heterocycles. The van der Waals surface area contributed by atoms with Gasteiger partial charge in [0.1, 0.15) is 6.54 Å². The Morgan fingerprint density at radius 2 is 1.55 bits per heavy atom. The van der Waals surface area contributed by atoms with Crippen LogP contribution in [0.5, 0.6) is 0 Å². The SMILES string of the molecule is CCOC(=O)CNC(=O)NCc1ccccc1-c1ccc([C@H]2O[C@@H](CN(C)[C@@H](C)c3ccccc3)[C@@H](C)[C@@H](c3ccc(CO)cc3)O2)cc1. The van der Waals surface area contributed by atoms with Crippen molar-refractivity contribution in [1.82, 2.24) is 15.5 Å². The Morgan fingerprint density at radius 1 is 0.878 bits per heavy atom. The second kappa shape index (κ2) is 17.2. The van der Waals surface area contributed by atoms with Crippen molar-refractivity contribution in [3.8, 4) is 11.1 Å². The molecular formula is C40H47N3O6. The molecule has 1 heterocycles. The molecule has 9 nitrogen and oxygen atoms in total. The number of rotatable bonds is 13. The molecule has 1 aliphatic heterocycles. The summed E-state index contributed by atoms with van der Waals surface area (Å²) in [6, 6.07) is 34.2. The normalized spacial score (nSPS) is 19.6. The molecule has 9 heteroatoms. The van der Waals surface area contributed by atoms with Gasteiger partial charge < -0.3 is 30.0 Å². The van der Waals surface area contributed by atoms with Crippen molar-refractivity contribution in [3.63, 3.8) is 0 Å². The van der Waals surface area contributed by atoms with E-state index in [4.69, 9.17) is 14.2 Å².